The van der Waals surface area contributed by atoms with Crippen LogP contribution in [0.5, 0.6) is 0 Å². The first-order valence-electron chi connectivity index (χ1n) is 9.67. The molecule has 4 nitrogen and oxygen atoms in total. The second-order valence-corrected chi connectivity index (χ2v) is 8.97. The Balaban J connectivity index is 1.65. The number of benzene rings is 1. The van der Waals surface area contributed by atoms with E-state index in [9.17, 15) is 4.79 Å². The smallest absolute Gasteiger partial charge is 0.322 e. The Labute approximate surface area is 184 Å². The van der Waals surface area contributed by atoms with Gasteiger partial charge in [-0.1, -0.05) is 42.6 Å². The molecule has 1 aromatic carbocycles. The molecule has 0 saturated heterocycles. The van der Waals surface area contributed by atoms with E-state index in [0.717, 1.165) is 19.3 Å². The molecule has 0 bridgehead atoms. The van der Waals surface area contributed by atoms with Crippen LogP contribution in [0, 0.1) is 6.92 Å². The van der Waals surface area contributed by atoms with Gasteiger partial charge in [-0.25, -0.2) is 4.79 Å². The minimum Gasteiger partial charge on any atom is -0.467 e. The highest BCUT2D eigenvalue weighted by atomic mass is 35.5. The van der Waals surface area contributed by atoms with E-state index in [-0.39, 0.29) is 12.1 Å². The van der Waals surface area contributed by atoms with Crippen molar-refractivity contribution in [2.45, 2.75) is 39.2 Å². The lowest BCUT2D eigenvalue weighted by Gasteiger charge is -2.36. The van der Waals surface area contributed by atoms with Crippen LogP contribution in [0.2, 0.25) is 10.0 Å². The van der Waals surface area contributed by atoms with Crippen LogP contribution in [0.4, 0.5) is 10.5 Å². The zero-order valence-corrected chi connectivity index (χ0v) is 18.6. The summed E-state index contributed by atoms with van der Waals surface area (Å²) in [4.78, 5) is 16.6. The monoisotopic (exact) mass is 448 g/mol. The van der Waals surface area contributed by atoms with Gasteiger partial charge in [0.25, 0.3) is 0 Å². The first-order chi connectivity index (χ1) is 14.0. The van der Waals surface area contributed by atoms with Crippen molar-refractivity contribution in [1.29, 1.82) is 0 Å². The number of carbonyl (C=O) groups is 1. The molecule has 0 unspecified atom stereocenters. The fraction of sp³-hybridized carbons (Fsp3) is 0.318. The molecule has 3 aromatic rings. The molecule has 2 aromatic heterocycles. The number of furan rings is 1. The minimum absolute atomic E-state index is 0.0922. The molecule has 29 heavy (non-hydrogen) atoms. The third-order valence-electron chi connectivity index (χ3n) is 5.36. The number of amides is 2. The first kappa shape index (κ1) is 20.3. The predicted molar refractivity (Wildman–Crippen MR) is 120 cm³/mol. The fourth-order valence-electron chi connectivity index (χ4n) is 3.95. The number of hydrogen-bond acceptors (Lipinski definition) is 3. The number of carbonyl (C=O) groups excluding carboxylic acids is 1. The topological polar surface area (TPSA) is 45.5 Å². The van der Waals surface area contributed by atoms with E-state index < -0.39 is 0 Å². The minimum atomic E-state index is -0.130. The lowest BCUT2D eigenvalue weighted by molar-refractivity contribution is 0.178. The standard InChI is InChI=1S/C22H22Cl2N2O2S/c1-3-5-18-14-9-11-29-19(14)8-10-26(18)22(27)25-21-13(2)28-12-15(21)20-16(23)6-4-7-17(20)24/h4,6-7,9,11-12,18H,3,5,8,10H2,1-2H3,(H,25,27)/t18-/m0/s1. The third kappa shape index (κ3) is 3.79. The van der Waals surface area contributed by atoms with Crippen molar-refractivity contribution in [2.75, 3.05) is 11.9 Å². The maximum atomic E-state index is 13.3. The van der Waals surface area contributed by atoms with Crippen LogP contribution in [0.15, 0.2) is 40.3 Å². The molecule has 0 aliphatic carbocycles. The molecule has 1 N–H and O–H groups in total. The molecule has 0 radical (unpaired) electrons. The molecule has 0 spiro atoms. The molecule has 7 heteroatoms. The van der Waals surface area contributed by atoms with Gasteiger partial charge in [0, 0.05) is 22.5 Å². The van der Waals surface area contributed by atoms with Gasteiger partial charge in [-0.05, 0) is 48.9 Å². The number of anilines is 1. The number of nitrogens with one attached hydrogen (secondary N) is 1. The normalized spacial score (nSPS) is 16.0. The summed E-state index contributed by atoms with van der Waals surface area (Å²) in [7, 11) is 0. The van der Waals surface area contributed by atoms with E-state index in [1.807, 2.05) is 11.8 Å². The van der Waals surface area contributed by atoms with E-state index in [1.165, 1.54) is 10.4 Å². The van der Waals surface area contributed by atoms with Crippen LogP contribution < -0.4 is 5.32 Å². The molecule has 0 saturated carbocycles. The molecule has 4 rings (SSSR count). The number of aryl methyl sites for hydroxylation is 1. The summed E-state index contributed by atoms with van der Waals surface area (Å²) < 4.78 is 5.62. The zero-order chi connectivity index (χ0) is 20.5. The maximum Gasteiger partial charge on any atom is 0.322 e. The van der Waals surface area contributed by atoms with Crippen molar-refractivity contribution >= 4 is 46.3 Å². The Bertz CT molecular complexity index is 1020. The van der Waals surface area contributed by atoms with Crippen molar-refractivity contribution in [3.63, 3.8) is 0 Å². The van der Waals surface area contributed by atoms with Gasteiger partial charge in [-0.2, -0.15) is 0 Å². The molecule has 3 heterocycles. The maximum absolute atomic E-state index is 13.3. The summed E-state index contributed by atoms with van der Waals surface area (Å²) in [5, 5.41) is 6.21. The average Bonchev–Trinajstić information content (AvgIpc) is 3.30. The van der Waals surface area contributed by atoms with E-state index >= 15 is 0 Å². The number of hydrogen-bond donors (Lipinski definition) is 1. The Morgan fingerprint density at radius 3 is 2.79 bits per heavy atom. The molecule has 0 fully saturated rings. The third-order valence-corrected chi connectivity index (χ3v) is 6.98. The lowest BCUT2D eigenvalue weighted by Crippen LogP contribution is -2.42. The highest BCUT2D eigenvalue weighted by Gasteiger charge is 2.32. The highest BCUT2D eigenvalue weighted by Crippen LogP contribution is 2.42. The van der Waals surface area contributed by atoms with Crippen molar-refractivity contribution in [3.05, 3.63) is 62.2 Å². The van der Waals surface area contributed by atoms with Crippen LogP contribution in [-0.2, 0) is 6.42 Å². The number of halogens is 2. The molecule has 1 aliphatic heterocycles. The van der Waals surface area contributed by atoms with Crippen LogP contribution in [0.3, 0.4) is 0 Å². The van der Waals surface area contributed by atoms with Gasteiger partial charge in [0.05, 0.1) is 21.8 Å². The quantitative estimate of drug-likeness (QED) is 0.447. The van der Waals surface area contributed by atoms with E-state index in [2.05, 4.69) is 23.7 Å². The van der Waals surface area contributed by atoms with Crippen LogP contribution >= 0.6 is 34.5 Å². The Morgan fingerprint density at radius 1 is 1.31 bits per heavy atom. The highest BCUT2D eigenvalue weighted by molar-refractivity contribution is 7.10. The predicted octanol–water partition coefficient (Wildman–Crippen LogP) is 7.55. The van der Waals surface area contributed by atoms with Crippen LogP contribution in [0.25, 0.3) is 11.1 Å². The van der Waals surface area contributed by atoms with E-state index in [1.54, 1.807) is 35.8 Å². The largest absolute Gasteiger partial charge is 0.467 e. The SMILES string of the molecule is CCC[C@H]1c2ccsc2CCN1C(=O)Nc1c(-c2c(Cl)cccc2Cl)coc1C. The van der Waals surface area contributed by atoms with Gasteiger partial charge in [-0.15, -0.1) is 11.3 Å². The molecule has 2 amide bonds. The number of nitrogens with zero attached hydrogens (tertiary/aromatic N) is 1. The number of rotatable bonds is 4. The van der Waals surface area contributed by atoms with Gasteiger partial charge >= 0.3 is 6.03 Å². The van der Waals surface area contributed by atoms with Gasteiger partial charge in [0.1, 0.15) is 12.0 Å². The van der Waals surface area contributed by atoms with Crippen molar-refractivity contribution in [2.24, 2.45) is 0 Å². The number of fused-ring (bicyclic) bond motifs is 1. The Morgan fingerprint density at radius 2 is 2.07 bits per heavy atom. The zero-order valence-electron chi connectivity index (χ0n) is 16.3. The molecule has 1 atom stereocenters. The van der Waals surface area contributed by atoms with Gasteiger partial charge in [0.2, 0.25) is 0 Å². The first-order valence-corrected chi connectivity index (χ1v) is 11.3. The van der Waals surface area contributed by atoms with Crippen molar-refractivity contribution in [3.8, 4) is 11.1 Å². The van der Waals surface area contributed by atoms with Crippen molar-refractivity contribution in [1.82, 2.24) is 4.90 Å². The lowest BCUT2D eigenvalue weighted by atomic mass is 9.96. The summed E-state index contributed by atoms with van der Waals surface area (Å²) in [6.45, 7) is 4.66. The molecular weight excluding hydrogens is 427 g/mol. The number of urea groups is 1. The molecule has 1 aliphatic rings. The van der Waals surface area contributed by atoms with Crippen LogP contribution in [0.1, 0.15) is 42.0 Å². The van der Waals surface area contributed by atoms with Gasteiger partial charge in [-0.3, -0.25) is 0 Å². The average molecular weight is 449 g/mol. The van der Waals surface area contributed by atoms with E-state index in [4.69, 9.17) is 27.6 Å². The fourth-order valence-corrected chi connectivity index (χ4v) is 5.48. The Hall–Kier alpha value is -1.95. The summed E-state index contributed by atoms with van der Waals surface area (Å²) in [6, 6.07) is 7.45. The number of thiophene rings is 1. The van der Waals surface area contributed by atoms with Crippen molar-refractivity contribution < 1.29 is 9.21 Å². The van der Waals surface area contributed by atoms with E-state index in [0.29, 0.717) is 39.2 Å². The Kier molecular flexibility index (Phi) is 5.91. The summed E-state index contributed by atoms with van der Waals surface area (Å²) in [6.07, 6.45) is 4.42. The second-order valence-electron chi connectivity index (χ2n) is 7.15. The molecule has 152 valence electrons. The van der Waals surface area contributed by atoms with Crippen LogP contribution in [-0.4, -0.2) is 17.5 Å². The van der Waals surface area contributed by atoms with Gasteiger partial charge < -0.3 is 14.6 Å². The second kappa shape index (κ2) is 8.42. The summed E-state index contributed by atoms with van der Waals surface area (Å²) >= 11 is 14.6. The summed E-state index contributed by atoms with van der Waals surface area (Å²) in [5.74, 6) is 0.615. The molecular formula is C22H22Cl2N2O2S. The van der Waals surface area contributed by atoms with Gasteiger partial charge in [0.15, 0.2) is 0 Å². The summed E-state index contributed by atoms with van der Waals surface area (Å²) in [5.41, 5.74) is 3.23.